The molecule has 9 nitrogen and oxygen atoms in total. The van der Waals surface area contributed by atoms with Crippen molar-refractivity contribution in [1.82, 2.24) is 4.31 Å². The Morgan fingerprint density at radius 3 is 2.24 bits per heavy atom. The lowest BCUT2D eigenvalue weighted by molar-refractivity contribution is -0.119. The van der Waals surface area contributed by atoms with Gasteiger partial charge in [0.1, 0.15) is 22.2 Å². The number of anilines is 1. The summed E-state index contributed by atoms with van der Waals surface area (Å²) in [4.78, 5) is 24.0. The maximum atomic E-state index is 14.3. The van der Waals surface area contributed by atoms with E-state index in [-0.39, 0.29) is 5.56 Å². The molecule has 178 valence electrons. The first kappa shape index (κ1) is 24.5. The number of rotatable bonds is 8. The lowest BCUT2D eigenvalue weighted by atomic mass is 10.2. The second-order valence-electron chi connectivity index (χ2n) is 7.34. The smallest absolute Gasteiger partial charge is 0.338 e. The molecule has 1 aliphatic rings. The minimum atomic E-state index is -4.09. The molecule has 1 N–H and O–H groups in total. The van der Waals surface area contributed by atoms with Gasteiger partial charge in [-0.3, -0.25) is 4.79 Å². The molecule has 1 amide bonds. The molecule has 1 fully saturated rings. The number of benzene rings is 2. The van der Waals surface area contributed by atoms with E-state index < -0.39 is 39.2 Å². The summed E-state index contributed by atoms with van der Waals surface area (Å²) in [7, 11) is -1.16. The van der Waals surface area contributed by atoms with Gasteiger partial charge in [0.15, 0.2) is 6.61 Å². The van der Waals surface area contributed by atoms with E-state index in [2.05, 4.69) is 5.32 Å². The maximum absolute atomic E-state index is 14.3. The molecule has 0 aromatic heterocycles. The van der Waals surface area contributed by atoms with Crippen LogP contribution in [0.15, 0.2) is 41.3 Å². The first-order valence-electron chi connectivity index (χ1n) is 10.2. The first-order chi connectivity index (χ1) is 15.7. The quantitative estimate of drug-likeness (QED) is 0.579. The molecule has 0 unspecified atom stereocenters. The summed E-state index contributed by atoms with van der Waals surface area (Å²) >= 11 is 0. The average Bonchev–Trinajstić information content (AvgIpc) is 2.82. The predicted molar refractivity (Wildman–Crippen MR) is 117 cm³/mol. The van der Waals surface area contributed by atoms with Gasteiger partial charge >= 0.3 is 5.97 Å². The van der Waals surface area contributed by atoms with Crippen LogP contribution in [0.3, 0.4) is 0 Å². The van der Waals surface area contributed by atoms with Gasteiger partial charge in [-0.25, -0.2) is 17.6 Å². The molecule has 2 aromatic carbocycles. The molecule has 0 radical (unpaired) electrons. The van der Waals surface area contributed by atoms with Gasteiger partial charge in [-0.15, -0.1) is 0 Å². The van der Waals surface area contributed by atoms with Crippen molar-refractivity contribution in [3.63, 3.8) is 0 Å². The minimum Gasteiger partial charge on any atom is -0.497 e. The summed E-state index contributed by atoms with van der Waals surface area (Å²) in [6.07, 6.45) is 2.29. The second kappa shape index (κ2) is 10.6. The van der Waals surface area contributed by atoms with Crippen LogP contribution in [-0.2, 0) is 19.6 Å². The van der Waals surface area contributed by atoms with Crippen LogP contribution in [0.1, 0.15) is 29.6 Å². The Kier molecular flexibility index (Phi) is 7.88. The van der Waals surface area contributed by atoms with Gasteiger partial charge in [-0.05, 0) is 31.0 Å². The van der Waals surface area contributed by atoms with Crippen LogP contribution in [-0.4, -0.2) is 58.5 Å². The lowest BCUT2D eigenvalue weighted by Gasteiger charge is -2.26. The van der Waals surface area contributed by atoms with Crippen molar-refractivity contribution in [2.75, 3.05) is 39.2 Å². The van der Waals surface area contributed by atoms with E-state index in [0.29, 0.717) is 43.1 Å². The fourth-order valence-electron chi connectivity index (χ4n) is 3.36. The number of methoxy groups -OCH3 is 2. The number of hydrogen-bond acceptors (Lipinski definition) is 7. The third-order valence-corrected chi connectivity index (χ3v) is 6.98. The monoisotopic (exact) mass is 480 g/mol. The largest absolute Gasteiger partial charge is 0.497 e. The normalized spacial score (nSPS) is 14.4. The maximum Gasteiger partial charge on any atom is 0.338 e. The molecular weight excluding hydrogens is 455 g/mol. The number of nitrogens with one attached hydrogen (secondary N) is 1. The number of piperidine rings is 1. The van der Waals surface area contributed by atoms with Crippen LogP contribution in [0.25, 0.3) is 0 Å². The van der Waals surface area contributed by atoms with Crippen LogP contribution in [0, 0.1) is 5.82 Å². The Hall–Kier alpha value is -3.18. The minimum absolute atomic E-state index is 0.178. The van der Waals surface area contributed by atoms with E-state index in [4.69, 9.17) is 14.2 Å². The highest BCUT2D eigenvalue weighted by molar-refractivity contribution is 7.89. The zero-order chi connectivity index (χ0) is 24.0. The van der Waals surface area contributed by atoms with Crippen molar-refractivity contribution in [2.24, 2.45) is 0 Å². The Labute approximate surface area is 191 Å². The molecule has 1 saturated heterocycles. The third kappa shape index (κ3) is 5.99. The topological polar surface area (TPSA) is 111 Å². The van der Waals surface area contributed by atoms with Gasteiger partial charge in [-0.1, -0.05) is 6.42 Å². The molecule has 33 heavy (non-hydrogen) atoms. The van der Waals surface area contributed by atoms with Crippen molar-refractivity contribution in [3.8, 4) is 11.5 Å². The van der Waals surface area contributed by atoms with Crippen LogP contribution in [0.2, 0.25) is 0 Å². The van der Waals surface area contributed by atoms with Crippen LogP contribution >= 0.6 is 0 Å². The Morgan fingerprint density at radius 2 is 1.64 bits per heavy atom. The van der Waals surface area contributed by atoms with E-state index >= 15 is 0 Å². The number of esters is 1. The predicted octanol–water partition coefficient (Wildman–Crippen LogP) is 2.81. The fraction of sp³-hybridized carbons (Fsp3) is 0.364. The molecule has 1 heterocycles. The van der Waals surface area contributed by atoms with Crippen molar-refractivity contribution in [2.45, 2.75) is 24.2 Å². The highest BCUT2D eigenvalue weighted by atomic mass is 32.2. The molecule has 11 heteroatoms. The third-order valence-electron chi connectivity index (χ3n) is 5.07. The van der Waals surface area contributed by atoms with E-state index in [1.54, 1.807) is 18.2 Å². The highest BCUT2D eigenvalue weighted by Gasteiger charge is 2.29. The van der Waals surface area contributed by atoms with E-state index in [9.17, 15) is 22.4 Å². The standard InChI is InChI=1S/C22H25FN2O7S/c1-30-17-11-16(12-18(13-17)31-2)24-21(26)14-32-22(27)15-6-7-19(23)20(10-15)33(28,29)25-8-4-3-5-9-25/h6-7,10-13H,3-5,8-9,14H2,1-2H3,(H,24,26). The number of hydrogen-bond donors (Lipinski definition) is 1. The summed E-state index contributed by atoms with van der Waals surface area (Å²) in [5.41, 5.74) is 0.187. The number of carbonyl (C=O) groups excluding carboxylic acids is 2. The number of carbonyl (C=O) groups is 2. The molecule has 0 spiro atoms. The van der Waals surface area contributed by atoms with Crippen molar-refractivity contribution < 1.29 is 36.6 Å². The molecule has 1 aliphatic heterocycles. The van der Waals surface area contributed by atoms with Crippen LogP contribution in [0.5, 0.6) is 11.5 Å². The van der Waals surface area contributed by atoms with Crippen molar-refractivity contribution >= 4 is 27.6 Å². The first-order valence-corrected chi connectivity index (χ1v) is 11.7. The van der Waals surface area contributed by atoms with Crippen molar-refractivity contribution in [3.05, 3.63) is 47.8 Å². The van der Waals surface area contributed by atoms with Gasteiger partial charge in [0.25, 0.3) is 5.91 Å². The summed E-state index contributed by atoms with van der Waals surface area (Å²) in [5.74, 6) is -1.64. The summed E-state index contributed by atoms with van der Waals surface area (Å²) in [6, 6.07) is 7.68. The molecule has 0 bridgehead atoms. The Balaban J connectivity index is 1.67. The number of ether oxygens (including phenoxy) is 3. The zero-order valence-corrected chi connectivity index (χ0v) is 19.1. The zero-order valence-electron chi connectivity index (χ0n) is 18.3. The van der Waals surface area contributed by atoms with E-state index in [0.717, 1.165) is 24.6 Å². The lowest BCUT2D eigenvalue weighted by Crippen LogP contribution is -2.36. The van der Waals surface area contributed by atoms with E-state index in [1.165, 1.54) is 18.5 Å². The molecule has 0 aliphatic carbocycles. The summed E-state index contributed by atoms with van der Waals surface area (Å²) in [6.45, 7) is -0.0404. The van der Waals surface area contributed by atoms with Crippen LogP contribution in [0.4, 0.5) is 10.1 Å². The Morgan fingerprint density at radius 1 is 1.00 bits per heavy atom. The van der Waals surface area contributed by atoms with Gasteiger partial charge in [0, 0.05) is 37.0 Å². The highest BCUT2D eigenvalue weighted by Crippen LogP contribution is 2.26. The van der Waals surface area contributed by atoms with Gasteiger partial charge in [0.2, 0.25) is 10.0 Å². The van der Waals surface area contributed by atoms with Crippen LogP contribution < -0.4 is 14.8 Å². The molecule has 2 aromatic rings. The second-order valence-corrected chi connectivity index (χ2v) is 9.24. The molecule has 3 rings (SSSR count). The average molecular weight is 481 g/mol. The van der Waals surface area contributed by atoms with Gasteiger partial charge in [0.05, 0.1) is 19.8 Å². The summed E-state index contributed by atoms with van der Waals surface area (Å²) in [5, 5.41) is 2.55. The number of amides is 1. The number of sulfonamides is 1. The van der Waals surface area contributed by atoms with Gasteiger partial charge < -0.3 is 19.5 Å². The molecular formula is C22H25FN2O7S. The number of nitrogens with zero attached hydrogens (tertiary/aromatic N) is 1. The SMILES string of the molecule is COc1cc(NC(=O)COC(=O)c2ccc(F)c(S(=O)(=O)N3CCCCC3)c2)cc(OC)c1. The fourth-order valence-corrected chi connectivity index (χ4v) is 4.97. The molecule has 0 saturated carbocycles. The van der Waals surface area contributed by atoms with Crippen molar-refractivity contribution in [1.29, 1.82) is 0 Å². The van der Waals surface area contributed by atoms with Gasteiger partial charge in [-0.2, -0.15) is 4.31 Å². The van der Waals surface area contributed by atoms with E-state index in [1.807, 2.05) is 0 Å². The molecule has 0 atom stereocenters. The summed E-state index contributed by atoms with van der Waals surface area (Å²) < 4.78 is 56.4. The number of halogens is 1. The Bertz CT molecular complexity index is 1110.